The van der Waals surface area contributed by atoms with Gasteiger partial charge >= 0.3 is 0 Å². The second-order valence-electron chi connectivity index (χ2n) is 5.09. The van der Waals surface area contributed by atoms with Crippen molar-refractivity contribution in [3.8, 4) is 5.75 Å². The van der Waals surface area contributed by atoms with E-state index in [-0.39, 0.29) is 6.04 Å². The molecule has 1 unspecified atom stereocenters. The van der Waals surface area contributed by atoms with E-state index in [9.17, 15) is 0 Å². The van der Waals surface area contributed by atoms with Crippen LogP contribution in [0.1, 0.15) is 42.3 Å². The van der Waals surface area contributed by atoms with Crippen LogP contribution in [0.2, 0.25) is 0 Å². The van der Waals surface area contributed by atoms with Gasteiger partial charge in [-0.15, -0.1) is 0 Å². The van der Waals surface area contributed by atoms with Crippen LogP contribution in [0.15, 0.2) is 30.7 Å². The van der Waals surface area contributed by atoms with Gasteiger partial charge in [-0.25, -0.2) is 0 Å². The van der Waals surface area contributed by atoms with Gasteiger partial charge in [0.2, 0.25) is 0 Å². The first-order valence-electron chi connectivity index (χ1n) is 7.40. The third-order valence-electron chi connectivity index (χ3n) is 3.32. The summed E-state index contributed by atoms with van der Waals surface area (Å²) in [7, 11) is 0. The van der Waals surface area contributed by atoms with Crippen molar-refractivity contribution >= 4 is 0 Å². The Hall–Kier alpha value is -1.94. The molecule has 1 atom stereocenters. The van der Waals surface area contributed by atoms with Crippen LogP contribution >= 0.6 is 0 Å². The molecule has 2 aromatic heterocycles. The van der Waals surface area contributed by atoms with Crippen molar-refractivity contribution in [1.29, 1.82) is 0 Å². The molecule has 0 saturated carbocycles. The van der Waals surface area contributed by atoms with Crippen molar-refractivity contribution in [2.24, 2.45) is 0 Å². The Labute approximate surface area is 126 Å². The fraction of sp³-hybridized carbons (Fsp3) is 0.412. The molecule has 0 aliphatic heterocycles. The van der Waals surface area contributed by atoms with Crippen LogP contribution < -0.4 is 10.1 Å². The molecule has 0 spiro atoms. The van der Waals surface area contributed by atoms with Crippen molar-refractivity contribution in [1.82, 2.24) is 15.3 Å². The molecular weight excluding hydrogens is 262 g/mol. The van der Waals surface area contributed by atoms with Crippen molar-refractivity contribution in [2.45, 2.75) is 33.7 Å². The summed E-state index contributed by atoms with van der Waals surface area (Å²) in [4.78, 5) is 8.90. The molecular formula is C17H23N3O. The van der Waals surface area contributed by atoms with E-state index in [0.29, 0.717) is 6.61 Å². The van der Waals surface area contributed by atoms with Crippen molar-refractivity contribution < 1.29 is 4.74 Å². The quantitative estimate of drug-likeness (QED) is 0.885. The maximum Gasteiger partial charge on any atom is 0.137 e. The molecule has 2 rings (SSSR count). The number of pyridine rings is 2. The summed E-state index contributed by atoms with van der Waals surface area (Å²) in [5.74, 6) is 0.794. The highest BCUT2D eigenvalue weighted by Gasteiger charge is 2.17. The highest BCUT2D eigenvalue weighted by atomic mass is 16.5. The minimum atomic E-state index is 0.0310. The smallest absolute Gasteiger partial charge is 0.137 e. The maximum absolute atomic E-state index is 5.55. The van der Waals surface area contributed by atoms with Crippen LogP contribution in [0.4, 0.5) is 0 Å². The lowest BCUT2D eigenvalue weighted by Gasteiger charge is -2.20. The van der Waals surface area contributed by atoms with Gasteiger partial charge in [-0.05, 0) is 50.1 Å². The average molecular weight is 285 g/mol. The summed E-state index contributed by atoms with van der Waals surface area (Å²) in [6.45, 7) is 9.72. The van der Waals surface area contributed by atoms with Gasteiger partial charge in [-0.2, -0.15) is 0 Å². The van der Waals surface area contributed by atoms with Crippen LogP contribution in [-0.4, -0.2) is 23.1 Å². The van der Waals surface area contributed by atoms with E-state index < -0.39 is 0 Å². The Morgan fingerprint density at radius 3 is 2.62 bits per heavy atom. The molecule has 21 heavy (non-hydrogen) atoms. The summed E-state index contributed by atoms with van der Waals surface area (Å²) in [5, 5.41) is 3.49. The zero-order valence-electron chi connectivity index (χ0n) is 13.2. The first-order valence-corrected chi connectivity index (χ1v) is 7.40. The molecule has 4 nitrogen and oxygen atoms in total. The van der Waals surface area contributed by atoms with Crippen LogP contribution in [0.25, 0.3) is 0 Å². The largest absolute Gasteiger partial charge is 0.492 e. The lowest BCUT2D eigenvalue weighted by atomic mass is 10.0. The highest BCUT2D eigenvalue weighted by molar-refractivity contribution is 5.35. The Kier molecular flexibility index (Phi) is 5.28. The van der Waals surface area contributed by atoms with Crippen molar-refractivity contribution in [3.05, 3.63) is 53.1 Å². The molecule has 0 bridgehead atoms. The van der Waals surface area contributed by atoms with Crippen molar-refractivity contribution in [2.75, 3.05) is 13.2 Å². The van der Waals surface area contributed by atoms with Gasteiger partial charge in [0.05, 0.1) is 24.5 Å². The number of aromatic nitrogens is 2. The van der Waals surface area contributed by atoms with E-state index in [1.165, 1.54) is 11.1 Å². The lowest BCUT2D eigenvalue weighted by Crippen LogP contribution is -2.24. The molecule has 0 aliphatic rings. The van der Waals surface area contributed by atoms with E-state index >= 15 is 0 Å². The molecule has 0 fully saturated rings. The molecule has 4 heteroatoms. The first-order chi connectivity index (χ1) is 10.2. The monoisotopic (exact) mass is 285 g/mol. The first kappa shape index (κ1) is 15.4. The Bertz CT molecular complexity index is 598. The summed E-state index contributed by atoms with van der Waals surface area (Å²) in [6.07, 6.45) is 5.52. The summed E-state index contributed by atoms with van der Waals surface area (Å²) in [5.41, 5.74) is 4.47. The zero-order valence-corrected chi connectivity index (χ0v) is 13.2. The number of ether oxygens (including phenoxy) is 1. The molecule has 0 radical (unpaired) electrons. The molecule has 1 N–H and O–H groups in total. The van der Waals surface area contributed by atoms with E-state index in [2.05, 4.69) is 42.1 Å². The summed E-state index contributed by atoms with van der Waals surface area (Å²) in [6, 6.07) is 4.22. The van der Waals surface area contributed by atoms with Gasteiger partial charge in [-0.3, -0.25) is 9.97 Å². The molecule has 0 aromatic carbocycles. The normalized spacial score (nSPS) is 12.2. The molecule has 0 aliphatic carbocycles. The standard InChI is InChI=1S/C17H23N3O/c1-5-19-17(16-13(4)7-12(3)9-20-16)14-8-15(21-6-2)11-18-10-14/h7-11,17,19H,5-6H2,1-4H3. The number of nitrogens with one attached hydrogen (secondary N) is 1. The van der Waals surface area contributed by atoms with Gasteiger partial charge in [-0.1, -0.05) is 13.0 Å². The SMILES string of the molecule is CCNC(c1cncc(OCC)c1)c1ncc(C)cc1C. The van der Waals surface area contributed by atoms with E-state index in [1.54, 1.807) is 6.20 Å². The average Bonchev–Trinajstić information content (AvgIpc) is 2.46. The Morgan fingerprint density at radius 1 is 1.14 bits per heavy atom. The number of nitrogens with zero attached hydrogens (tertiary/aromatic N) is 2. The van der Waals surface area contributed by atoms with Crippen molar-refractivity contribution in [3.63, 3.8) is 0 Å². The summed E-state index contributed by atoms with van der Waals surface area (Å²) < 4.78 is 5.55. The third-order valence-corrected chi connectivity index (χ3v) is 3.32. The number of aryl methyl sites for hydroxylation is 2. The minimum Gasteiger partial charge on any atom is -0.492 e. The topological polar surface area (TPSA) is 47.0 Å². The van der Waals surface area contributed by atoms with Crippen LogP contribution in [0.3, 0.4) is 0 Å². The van der Waals surface area contributed by atoms with Gasteiger partial charge in [0.15, 0.2) is 0 Å². The summed E-state index contributed by atoms with van der Waals surface area (Å²) >= 11 is 0. The zero-order chi connectivity index (χ0) is 15.2. The predicted molar refractivity (Wildman–Crippen MR) is 84.6 cm³/mol. The molecule has 0 saturated heterocycles. The van der Waals surface area contributed by atoms with Crippen LogP contribution in [-0.2, 0) is 0 Å². The van der Waals surface area contributed by atoms with E-state index in [4.69, 9.17) is 4.74 Å². The molecule has 0 amide bonds. The van der Waals surface area contributed by atoms with Gasteiger partial charge in [0, 0.05) is 12.4 Å². The van der Waals surface area contributed by atoms with Gasteiger partial charge in [0.1, 0.15) is 5.75 Å². The highest BCUT2D eigenvalue weighted by Crippen LogP contribution is 2.25. The van der Waals surface area contributed by atoms with E-state index in [0.717, 1.165) is 23.6 Å². The molecule has 2 aromatic rings. The maximum atomic E-state index is 5.55. The molecule has 112 valence electrons. The lowest BCUT2D eigenvalue weighted by molar-refractivity contribution is 0.338. The Balaban J connectivity index is 2.40. The predicted octanol–water partition coefficient (Wildman–Crippen LogP) is 3.19. The van der Waals surface area contributed by atoms with Crippen LogP contribution in [0, 0.1) is 13.8 Å². The fourth-order valence-electron chi connectivity index (χ4n) is 2.44. The third kappa shape index (κ3) is 3.79. The fourth-order valence-corrected chi connectivity index (χ4v) is 2.44. The second-order valence-corrected chi connectivity index (χ2v) is 5.09. The number of hydrogen-bond acceptors (Lipinski definition) is 4. The molecule has 2 heterocycles. The number of rotatable bonds is 6. The van der Waals surface area contributed by atoms with Crippen LogP contribution in [0.5, 0.6) is 5.75 Å². The second kappa shape index (κ2) is 7.18. The number of hydrogen-bond donors (Lipinski definition) is 1. The van der Waals surface area contributed by atoms with Gasteiger partial charge in [0.25, 0.3) is 0 Å². The van der Waals surface area contributed by atoms with E-state index in [1.807, 2.05) is 25.4 Å². The Morgan fingerprint density at radius 2 is 1.95 bits per heavy atom. The minimum absolute atomic E-state index is 0.0310. The van der Waals surface area contributed by atoms with Gasteiger partial charge < -0.3 is 10.1 Å².